The van der Waals surface area contributed by atoms with Crippen LogP contribution >= 0.6 is 0 Å². The van der Waals surface area contributed by atoms with Gasteiger partial charge in [-0.15, -0.1) is 0 Å². The van der Waals surface area contributed by atoms with Crippen LogP contribution in [-0.2, 0) is 0 Å². The minimum atomic E-state index is -0.264. The SMILES string of the molecule is CNc1cnccc1C(=O)N1CCC(O)CC1. The highest BCUT2D eigenvalue weighted by Crippen LogP contribution is 2.18. The average molecular weight is 235 g/mol. The van der Waals surface area contributed by atoms with Gasteiger partial charge in [0.05, 0.1) is 23.6 Å². The monoisotopic (exact) mass is 235 g/mol. The van der Waals surface area contributed by atoms with Gasteiger partial charge in [-0.2, -0.15) is 0 Å². The fourth-order valence-electron chi connectivity index (χ4n) is 2.02. The van der Waals surface area contributed by atoms with Crippen LogP contribution in [0.5, 0.6) is 0 Å². The Bertz CT molecular complexity index is 400. The second-order valence-electron chi connectivity index (χ2n) is 4.19. The first kappa shape index (κ1) is 11.9. The summed E-state index contributed by atoms with van der Waals surface area (Å²) in [6, 6.07) is 1.72. The van der Waals surface area contributed by atoms with E-state index in [1.54, 1.807) is 30.4 Å². The summed E-state index contributed by atoms with van der Waals surface area (Å²) in [6.45, 7) is 1.23. The van der Waals surface area contributed by atoms with E-state index in [1.807, 2.05) is 0 Å². The Hall–Kier alpha value is -1.62. The molecule has 0 spiro atoms. The molecule has 17 heavy (non-hydrogen) atoms. The van der Waals surface area contributed by atoms with E-state index < -0.39 is 0 Å². The molecule has 0 aromatic carbocycles. The number of amides is 1. The van der Waals surface area contributed by atoms with Crippen molar-refractivity contribution >= 4 is 11.6 Å². The third kappa shape index (κ3) is 2.55. The zero-order valence-electron chi connectivity index (χ0n) is 9.89. The van der Waals surface area contributed by atoms with Gasteiger partial charge >= 0.3 is 0 Å². The van der Waals surface area contributed by atoms with Gasteiger partial charge in [0, 0.05) is 26.3 Å². The number of carbonyl (C=O) groups is 1. The van der Waals surface area contributed by atoms with Gasteiger partial charge in [0.25, 0.3) is 5.91 Å². The Labute approximate surface area is 100 Å². The maximum absolute atomic E-state index is 12.3. The van der Waals surface area contributed by atoms with E-state index in [0.29, 0.717) is 31.5 Å². The van der Waals surface area contributed by atoms with Crippen molar-refractivity contribution in [1.29, 1.82) is 0 Å². The van der Waals surface area contributed by atoms with E-state index in [9.17, 15) is 9.90 Å². The molecular weight excluding hydrogens is 218 g/mol. The van der Waals surface area contributed by atoms with Crippen molar-refractivity contribution in [3.63, 3.8) is 0 Å². The van der Waals surface area contributed by atoms with E-state index in [0.717, 1.165) is 5.69 Å². The van der Waals surface area contributed by atoms with E-state index in [-0.39, 0.29) is 12.0 Å². The zero-order valence-corrected chi connectivity index (χ0v) is 9.89. The third-order valence-corrected chi connectivity index (χ3v) is 3.07. The van der Waals surface area contributed by atoms with Crippen molar-refractivity contribution in [2.75, 3.05) is 25.5 Å². The van der Waals surface area contributed by atoms with Crippen LogP contribution < -0.4 is 5.32 Å². The van der Waals surface area contributed by atoms with Gasteiger partial charge in [-0.25, -0.2) is 0 Å². The molecule has 0 radical (unpaired) electrons. The molecule has 1 aromatic rings. The molecule has 1 saturated heterocycles. The number of hydrogen-bond acceptors (Lipinski definition) is 4. The topological polar surface area (TPSA) is 65.5 Å². The number of hydrogen-bond donors (Lipinski definition) is 2. The number of aliphatic hydroxyl groups is 1. The Morgan fingerprint density at radius 2 is 2.24 bits per heavy atom. The minimum absolute atomic E-state index is 0.00338. The maximum atomic E-state index is 12.3. The standard InChI is InChI=1S/C12H17N3O2/c1-13-11-8-14-5-2-10(11)12(17)15-6-3-9(16)4-7-15/h2,5,8-9,13,16H,3-4,6-7H2,1H3. The first-order valence-corrected chi connectivity index (χ1v) is 5.81. The molecule has 1 aliphatic rings. The predicted octanol–water partition coefficient (Wildman–Crippen LogP) is 0.720. The summed E-state index contributed by atoms with van der Waals surface area (Å²) in [7, 11) is 1.77. The predicted molar refractivity (Wildman–Crippen MR) is 64.9 cm³/mol. The Balaban J connectivity index is 2.14. The molecule has 0 atom stereocenters. The Morgan fingerprint density at radius 3 is 2.88 bits per heavy atom. The Kier molecular flexibility index (Phi) is 3.58. The first-order valence-electron chi connectivity index (χ1n) is 5.81. The lowest BCUT2D eigenvalue weighted by Gasteiger charge is -2.30. The summed E-state index contributed by atoms with van der Waals surface area (Å²) in [5, 5.41) is 12.4. The van der Waals surface area contributed by atoms with Gasteiger partial charge in [0.2, 0.25) is 0 Å². The van der Waals surface area contributed by atoms with Gasteiger partial charge in [-0.3, -0.25) is 9.78 Å². The fourth-order valence-corrected chi connectivity index (χ4v) is 2.02. The molecule has 1 fully saturated rings. The van der Waals surface area contributed by atoms with Gasteiger partial charge < -0.3 is 15.3 Å². The highest BCUT2D eigenvalue weighted by Gasteiger charge is 2.23. The summed E-state index contributed by atoms with van der Waals surface area (Å²) in [5.41, 5.74) is 1.38. The second kappa shape index (κ2) is 5.14. The number of carbonyl (C=O) groups excluding carboxylic acids is 1. The van der Waals surface area contributed by atoms with Gasteiger partial charge in [-0.05, 0) is 18.9 Å². The molecule has 0 saturated carbocycles. The molecule has 1 aromatic heterocycles. The normalized spacial score (nSPS) is 16.9. The summed E-state index contributed by atoms with van der Waals surface area (Å²) < 4.78 is 0. The lowest BCUT2D eigenvalue weighted by atomic mass is 10.1. The Morgan fingerprint density at radius 1 is 1.53 bits per heavy atom. The minimum Gasteiger partial charge on any atom is -0.393 e. The second-order valence-corrected chi connectivity index (χ2v) is 4.19. The number of rotatable bonds is 2. The van der Waals surface area contributed by atoms with Gasteiger partial charge in [0.15, 0.2) is 0 Å². The van der Waals surface area contributed by atoms with E-state index >= 15 is 0 Å². The number of nitrogens with zero attached hydrogens (tertiary/aromatic N) is 2. The maximum Gasteiger partial charge on any atom is 0.256 e. The highest BCUT2D eigenvalue weighted by atomic mass is 16.3. The zero-order chi connectivity index (χ0) is 12.3. The number of likely N-dealkylation sites (tertiary alicyclic amines) is 1. The van der Waals surface area contributed by atoms with Crippen LogP contribution in [0.4, 0.5) is 5.69 Å². The summed E-state index contributed by atoms with van der Waals surface area (Å²) in [4.78, 5) is 18.0. The number of anilines is 1. The largest absolute Gasteiger partial charge is 0.393 e. The average Bonchev–Trinajstić information content (AvgIpc) is 2.39. The number of pyridine rings is 1. The molecular formula is C12H17N3O2. The summed E-state index contributed by atoms with van der Waals surface area (Å²) in [5.74, 6) is 0.00338. The van der Waals surface area contributed by atoms with Crippen LogP contribution in [0.25, 0.3) is 0 Å². The summed E-state index contributed by atoms with van der Waals surface area (Å²) in [6.07, 6.45) is 4.32. The fraction of sp³-hybridized carbons (Fsp3) is 0.500. The first-order chi connectivity index (χ1) is 8.22. The van der Waals surface area contributed by atoms with Crippen LogP contribution in [0, 0.1) is 0 Å². The molecule has 5 nitrogen and oxygen atoms in total. The van der Waals surface area contributed by atoms with Crippen LogP contribution in [0.15, 0.2) is 18.5 Å². The van der Waals surface area contributed by atoms with Crippen molar-refractivity contribution in [3.8, 4) is 0 Å². The lowest BCUT2D eigenvalue weighted by molar-refractivity contribution is 0.0547. The molecule has 2 rings (SSSR count). The third-order valence-electron chi connectivity index (χ3n) is 3.07. The molecule has 5 heteroatoms. The quantitative estimate of drug-likeness (QED) is 0.792. The molecule has 1 amide bonds. The van der Waals surface area contributed by atoms with Gasteiger partial charge in [0.1, 0.15) is 0 Å². The highest BCUT2D eigenvalue weighted by molar-refractivity contribution is 5.99. The molecule has 0 aliphatic carbocycles. The van der Waals surface area contributed by atoms with Crippen LogP contribution in [-0.4, -0.2) is 47.1 Å². The molecule has 0 unspecified atom stereocenters. The van der Waals surface area contributed by atoms with E-state index in [2.05, 4.69) is 10.3 Å². The smallest absolute Gasteiger partial charge is 0.256 e. The van der Waals surface area contributed by atoms with Crippen molar-refractivity contribution in [2.45, 2.75) is 18.9 Å². The molecule has 2 heterocycles. The molecule has 1 aliphatic heterocycles. The van der Waals surface area contributed by atoms with Crippen LogP contribution in [0.1, 0.15) is 23.2 Å². The van der Waals surface area contributed by atoms with Crippen LogP contribution in [0.2, 0.25) is 0 Å². The number of nitrogens with one attached hydrogen (secondary N) is 1. The molecule has 92 valence electrons. The van der Waals surface area contributed by atoms with Gasteiger partial charge in [-0.1, -0.05) is 0 Å². The molecule has 0 bridgehead atoms. The number of aromatic nitrogens is 1. The number of aliphatic hydroxyl groups excluding tert-OH is 1. The van der Waals surface area contributed by atoms with E-state index in [1.165, 1.54) is 0 Å². The van der Waals surface area contributed by atoms with Crippen molar-refractivity contribution in [2.24, 2.45) is 0 Å². The number of piperidine rings is 1. The summed E-state index contributed by atoms with van der Waals surface area (Å²) >= 11 is 0. The van der Waals surface area contributed by atoms with Crippen molar-refractivity contribution in [1.82, 2.24) is 9.88 Å². The van der Waals surface area contributed by atoms with Crippen LogP contribution in [0.3, 0.4) is 0 Å². The van der Waals surface area contributed by atoms with Crippen molar-refractivity contribution < 1.29 is 9.90 Å². The molecule has 2 N–H and O–H groups in total. The lowest BCUT2D eigenvalue weighted by Crippen LogP contribution is -2.40. The van der Waals surface area contributed by atoms with Crippen molar-refractivity contribution in [3.05, 3.63) is 24.0 Å². The van der Waals surface area contributed by atoms with E-state index in [4.69, 9.17) is 0 Å².